The van der Waals surface area contributed by atoms with E-state index >= 15 is 0 Å². The fourth-order valence-electron chi connectivity index (χ4n) is 2.24. The number of aromatic carboxylic acids is 1. The zero-order valence-electron chi connectivity index (χ0n) is 10.0. The fourth-order valence-corrected chi connectivity index (χ4v) is 2.24. The molecule has 0 saturated heterocycles. The van der Waals surface area contributed by atoms with Gasteiger partial charge in [-0.2, -0.15) is 0 Å². The Labute approximate surface area is 125 Å². The summed E-state index contributed by atoms with van der Waals surface area (Å²) in [5.41, 5.74) is 0.646. The first-order valence-corrected chi connectivity index (χ1v) is 5.56. The summed E-state index contributed by atoms with van der Waals surface area (Å²) in [6.07, 6.45) is 2.87. The summed E-state index contributed by atoms with van der Waals surface area (Å²) in [4.78, 5) is 14.9. The van der Waals surface area contributed by atoms with Crippen LogP contribution in [-0.4, -0.2) is 15.5 Å². The largest absolute Gasteiger partial charge is 1.00 e. The van der Waals surface area contributed by atoms with Crippen LogP contribution in [0.2, 0.25) is 0 Å². The van der Waals surface area contributed by atoms with Gasteiger partial charge in [0.05, 0.1) is 5.52 Å². The van der Waals surface area contributed by atoms with Gasteiger partial charge in [-0.25, -0.2) is 9.37 Å². The molecule has 4 nitrogen and oxygen atoms in total. The molecule has 0 unspecified atom stereocenters. The molecule has 6 heteroatoms. The number of carboxylic acids is 1. The van der Waals surface area contributed by atoms with E-state index in [1.54, 1.807) is 16.7 Å². The number of fused-ring (bicyclic) bond motifs is 1. The maximum Gasteiger partial charge on any atom is 1.00 e. The number of benzene rings is 1. The molecule has 0 radical (unpaired) electrons. The van der Waals surface area contributed by atoms with Crippen LogP contribution in [0.3, 0.4) is 0 Å². The summed E-state index contributed by atoms with van der Waals surface area (Å²) < 4.78 is 15.1. The van der Waals surface area contributed by atoms with E-state index in [1.165, 1.54) is 6.07 Å². The number of hydrogen-bond donors (Lipinski definition) is 0. The number of carbonyl (C=O) groups is 1. The van der Waals surface area contributed by atoms with Gasteiger partial charge in [-0.3, -0.25) is 0 Å². The number of halogens is 1. The molecule has 18 heavy (non-hydrogen) atoms. The molecule has 1 heterocycles. The first kappa shape index (κ1) is 13.5. The molecular weight excluding hydrogens is 246 g/mol. The van der Waals surface area contributed by atoms with E-state index in [0.29, 0.717) is 5.52 Å². The second-order valence-electron chi connectivity index (χ2n) is 4.29. The van der Waals surface area contributed by atoms with Gasteiger partial charge in [0.15, 0.2) is 11.6 Å². The van der Waals surface area contributed by atoms with E-state index in [-0.39, 0.29) is 46.9 Å². The zero-order valence-corrected chi connectivity index (χ0v) is 12.0. The van der Waals surface area contributed by atoms with Crippen LogP contribution in [0.4, 0.5) is 4.39 Å². The summed E-state index contributed by atoms with van der Waals surface area (Å²) in [6.45, 7) is 0. The number of hydrogen-bond acceptors (Lipinski definition) is 3. The smallest absolute Gasteiger partial charge is 0.542 e. The Kier molecular flexibility index (Phi) is 3.75. The van der Waals surface area contributed by atoms with Gasteiger partial charge in [0.1, 0.15) is 11.5 Å². The number of aromatic nitrogens is 2. The van der Waals surface area contributed by atoms with Gasteiger partial charge in [-0.15, -0.1) is 0 Å². The molecule has 1 aliphatic carbocycles. The van der Waals surface area contributed by atoms with Crippen molar-refractivity contribution in [3.05, 3.63) is 29.8 Å². The molecule has 1 aromatic heterocycles. The van der Waals surface area contributed by atoms with Crippen LogP contribution in [0.5, 0.6) is 0 Å². The third-order valence-corrected chi connectivity index (χ3v) is 3.29. The van der Waals surface area contributed by atoms with E-state index in [4.69, 9.17) is 0 Å². The first-order chi connectivity index (χ1) is 8.18. The summed E-state index contributed by atoms with van der Waals surface area (Å²) in [5.74, 6) is -2.02. The van der Waals surface area contributed by atoms with E-state index in [1.807, 2.05) is 0 Å². The molecule has 0 N–H and O–H groups in total. The van der Waals surface area contributed by atoms with Gasteiger partial charge in [-0.1, -0.05) is 6.07 Å². The second-order valence-corrected chi connectivity index (χ2v) is 4.29. The molecule has 0 amide bonds. The van der Waals surface area contributed by atoms with Crippen molar-refractivity contribution in [2.24, 2.45) is 0 Å². The third-order valence-electron chi connectivity index (χ3n) is 3.29. The molecule has 1 saturated carbocycles. The van der Waals surface area contributed by atoms with E-state index < -0.39 is 11.8 Å². The van der Waals surface area contributed by atoms with Crippen molar-refractivity contribution in [1.29, 1.82) is 0 Å². The minimum atomic E-state index is -1.35. The van der Waals surface area contributed by atoms with Crippen molar-refractivity contribution in [3.63, 3.8) is 0 Å². The topological polar surface area (TPSA) is 57.9 Å². The maximum atomic E-state index is 13.5. The SMILES string of the molecule is O=C([O-])c1nc2c(F)cccc2n1C1CCC1.[Na+]. The molecule has 0 spiro atoms. The van der Waals surface area contributed by atoms with Crippen LogP contribution in [-0.2, 0) is 0 Å². The number of imidazole rings is 1. The van der Waals surface area contributed by atoms with Crippen molar-refractivity contribution in [3.8, 4) is 0 Å². The van der Waals surface area contributed by atoms with Gasteiger partial charge in [0.25, 0.3) is 0 Å². The number of nitrogens with zero attached hydrogens (tertiary/aromatic N) is 2. The standard InChI is InChI=1S/C12H11FN2O2.Na/c13-8-5-2-6-9-10(8)14-11(12(16)17)15(9)7-3-1-4-7;/h2,5-7H,1,3-4H2,(H,16,17);/q;+1/p-1. The Bertz CT molecular complexity index is 607. The second kappa shape index (κ2) is 4.99. The Hall–Kier alpha value is -0.910. The van der Waals surface area contributed by atoms with Crippen LogP contribution in [0, 0.1) is 5.82 Å². The maximum absolute atomic E-state index is 13.5. The quantitative estimate of drug-likeness (QED) is 0.600. The van der Waals surface area contributed by atoms with Crippen molar-refractivity contribution in [2.75, 3.05) is 0 Å². The predicted molar refractivity (Wildman–Crippen MR) is 56.9 cm³/mol. The Balaban J connectivity index is 0.00000120. The van der Waals surface area contributed by atoms with Gasteiger partial charge in [0.2, 0.25) is 0 Å². The Morgan fingerprint density at radius 2 is 2.17 bits per heavy atom. The summed E-state index contributed by atoms with van der Waals surface area (Å²) in [6, 6.07) is 4.64. The molecule has 2 aromatic rings. The van der Waals surface area contributed by atoms with Gasteiger partial charge in [-0.05, 0) is 31.4 Å². The zero-order chi connectivity index (χ0) is 12.0. The van der Waals surface area contributed by atoms with Crippen LogP contribution in [0.15, 0.2) is 18.2 Å². The minimum absolute atomic E-state index is 0. The molecule has 88 valence electrons. The first-order valence-electron chi connectivity index (χ1n) is 5.56. The summed E-state index contributed by atoms with van der Waals surface area (Å²) >= 11 is 0. The molecule has 1 aliphatic rings. The number of carboxylic acid groups (broad SMARTS) is 1. The van der Waals surface area contributed by atoms with Crippen molar-refractivity contribution >= 4 is 17.0 Å². The average molecular weight is 256 g/mol. The summed E-state index contributed by atoms with van der Waals surface area (Å²) in [7, 11) is 0. The molecule has 0 bridgehead atoms. The van der Waals surface area contributed by atoms with Crippen LogP contribution in [0.1, 0.15) is 35.9 Å². The van der Waals surface area contributed by atoms with E-state index in [2.05, 4.69) is 4.98 Å². The normalized spacial score (nSPS) is 15.2. The molecule has 0 atom stereocenters. The molecule has 0 aliphatic heterocycles. The van der Waals surface area contributed by atoms with Crippen molar-refractivity contribution in [2.45, 2.75) is 25.3 Å². The minimum Gasteiger partial charge on any atom is -0.542 e. The fraction of sp³-hybridized carbons (Fsp3) is 0.333. The van der Waals surface area contributed by atoms with Crippen LogP contribution < -0.4 is 34.7 Å². The monoisotopic (exact) mass is 256 g/mol. The van der Waals surface area contributed by atoms with Gasteiger partial charge >= 0.3 is 29.6 Å². The van der Waals surface area contributed by atoms with Crippen LogP contribution in [0.25, 0.3) is 11.0 Å². The third kappa shape index (κ3) is 1.96. The van der Waals surface area contributed by atoms with Gasteiger partial charge in [0, 0.05) is 6.04 Å². The summed E-state index contributed by atoms with van der Waals surface area (Å²) in [5, 5.41) is 11.0. The Morgan fingerprint density at radius 1 is 1.44 bits per heavy atom. The van der Waals surface area contributed by atoms with Crippen molar-refractivity contribution in [1.82, 2.24) is 9.55 Å². The predicted octanol–water partition coefficient (Wildman–Crippen LogP) is -1.73. The molecule has 1 aromatic carbocycles. The van der Waals surface area contributed by atoms with E-state index in [9.17, 15) is 14.3 Å². The van der Waals surface area contributed by atoms with Gasteiger partial charge < -0.3 is 14.5 Å². The average Bonchev–Trinajstić information content (AvgIpc) is 2.57. The Morgan fingerprint density at radius 3 is 2.72 bits per heavy atom. The number of carbonyl (C=O) groups excluding carboxylic acids is 1. The number of rotatable bonds is 2. The molecule has 3 rings (SSSR count). The number of para-hydroxylation sites is 1. The van der Waals surface area contributed by atoms with E-state index in [0.717, 1.165) is 19.3 Å². The molecular formula is C12H10FN2NaO2. The van der Waals surface area contributed by atoms with Crippen LogP contribution >= 0.6 is 0 Å². The van der Waals surface area contributed by atoms with Crippen molar-refractivity contribution < 1.29 is 43.8 Å². The molecule has 1 fully saturated rings.